The Hall–Kier alpha value is -3.65. The van der Waals surface area contributed by atoms with E-state index in [4.69, 9.17) is 11.5 Å². The predicted octanol–water partition coefficient (Wildman–Crippen LogP) is 2.81. The van der Waals surface area contributed by atoms with Gasteiger partial charge in [-0.1, -0.05) is 24.3 Å². The maximum Gasteiger partial charge on any atom is 0.264 e. The minimum atomic E-state index is -0.853. The third-order valence-corrected chi connectivity index (χ3v) is 4.50. The van der Waals surface area contributed by atoms with Gasteiger partial charge in [-0.25, -0.2) is 4.39 Å². The number of carbonyl (C=O) groups excluding carboxylic acids is 1. The van der Waals surface area contributed by atoms with E-state index in [1.54, 1.807) is 26.0 Å². The van der Waals surface area contributed by atoms with Crippen LogP contribution in [0, 0.1) is 19.7 Å². The zero-order valence-corrected chi connectivity index (χ0v) is 15.5. The predicted molar refractivity (Wildman–Crippen MR) is 107 cm³/mol. The van der Waals surface area contributed by atoms with Crippen molar-refractivity contribution in [2.75, 3.05) is 5.73 Å². The van der Waals surface area contributed by atoms with Crippen molar-refractivity contribution >= 4 is 11.7 Å². The molecule has 0 aliphatic rings. The number of amides is 1. The summed E-state index contributed by atoms with van der Waals surface area (Å²) in [4.78, 5) is 25.1. The van der Waals surface area contributed by atoms with Gasteiger partial charge < -0.3 is 22.7 Å². The number of benzene rings is 2. The van der Waals surface area contributed by atoms with Crippen LogP contribution < -0.4 is 23.2 Å². The van der Waals surface area contributed by atoms with E-state index in [2.05, 4.69) is 0 Å². The van der Waals surface area contributed by atoms with Gasteiger partial charge in [-0.3, -0.25) is 14.2 Å². The number of pyridine rings is 1. The van der Waals surface area contributed by atoms with Crippen LogP contribution in [0.25, 0.3) is 16.8 Å². The summed E-state index contributed by atoms with van der Waals surface area (Å²) in [7, 11) is 0. The summed E-state index contributed by atoms with van der Waals surface area (Å²) >= 11 is 0. The maximum absolute atomic E-state index is 14.3. The molecule has 0 spiro atoms. The van der Waals surface area contributed by atoms with Gasteiger partial charge in [0.15, 0.2) is 0 Å². The highest BCUT2D eigenvalue weighted by Crippen LogP contribution is 2.30. The molecular weight excluding hydrogens is 363 g/mol. The Bertz CT molecular complexity index is 1140. The minimum Gasteiger partial charge on any atom is -0.508 e. The van der Waals surface area contributed by atoms with Crippen LogP contribution in [0.3, 0.4) is 0 Å². The number of nitrogens with two attached hydrogens (primary N) is 2. The molecule has 0 aliphatic heterocycles. The smallest absolute Gasteiger partial charge is 0.264 e. The third-order valence-electron chi connectivity index (χ3n) is 4.50. The first-order valence-electron chi connectivity index (χ1n) is 8.13. The minimum absolute atomic E-state index is 0. The Morgan fingerprint density at radius 3 is 2.36 bits per heavy atom. The highest BCUT2D eigenvalue weighted by atomic mass is 19.1. The molecule has 1 amide bonds. The van der Waals surface area contributed by atoms with E-state index < -0.39 is 17.3 Å². The lowest BCUT2D eigenvalue weighted by atomic mass is 10.0. The number of phenolic OH excluding ortho intramolecular Hbond substituents is 1. The number of hydrogen-bond donors (Lipinski definition) is 4. The van der Waals surface area contributed by atoms with Crippen molar-refractivity contribution in [1.29, 1.82) is 0 Å². The van der Waals surface area contributed by atoms with E-state index in [0.29, 0.717) is 16.8 Å². The van der Waals surface area contributed by atoms with E-state index >= 15 is 0 Å². The molecule has 0 saturated carbocycles. The third kappa shape index (κ3) is 3.21. The number of anilines is 1. The highest BCUT2D eigenvalue weighted by molar-refractivity contribution is 5.98. The molecule has 1 aromatic heterocycles. The number of primary amides is 1. The van der Waals surface area contributed by atoms with Gasteiger partial charge in [0.2, 0.25) is 0 Å². The van der Waals surface area contributed by atoms with Gasteiger partial charge in [-0.15, -0.1) is 0 Å². The molecule has 28 heavy (non-hydrogen) atoms. The van der Waals surface area contributed by atoms with Crippen LogP contribution in [-0.2, 0) is 0 Å². The van der Waals surface area contributed by atoms with Crippen molar-refractivity contribution in [3.8, 4) is 22.6 Å². The Balaban J connectivity index is 0.00000280. The average molecular weight is 384 g/mol. The number of aryl methyl sites for hydroxylation is 1. The fourth-order valence-electron chi connectivity index (χ4n) is 3.09. The van der Waals surface area contributed by atoms with Gasteiger partial charge >= 0.3 is 0 Å². The summed E-state index contributed by atoms with van der Waals surface area (Å²) in [5.41, 5.74) is 12.1. The largest absolute Gasteiger partial charge is 0.508 e. The molecule has 0 bridgehead atoms. The lowest BCUT2D eigenvalue weighted by Crippen LogP contribution is -2.28. The van der Waals surface area contributed by atoms with E-state index in [9.17, 15) is 19.1 Å². The zero-order chi connectivity index (χ0) is 19.9. The summed E-state index contributed by atoms with van der Waals surface area (Å²) in [5.74, 6) is -1.69. The van der Waals surface area contributed by atoms with Crippen LogP contribution in [0.5, 0.6) is 5.75 Å². The Kier molecular flexibility index (Phi) is 5.56. The van der Waals surface area contributed by atoms with Crippen molar-refractivity contribution in [1.82, 2.24) is 10.7 Å². The van der Waals surface area contributed by atoms with E-state index in [1.165, 1.54) is 30.3 Å². The zero-order valence-electron chi connectivity index (χ0n) is 15.5. The quantitative estimate of drug-likeness (QED) is 0.548. The van der Waals surface area contributed by atoms with Gasteiger partial charge in [-0.2, -0.15) is 0 Å². The highest BCUT2D eigenvalue weighted by Gasteiger charge is 2.22. The molecule has 0 radical (unpaired) electrons. The SMILES string of the molecule is Cc1ccc(O)c(C)c1-n1c(N)c(C(N)=O)cc(-c2ccccc2F)c1=O.N. The van der Waals surface area contributed by atoms with Gasteiger partial charge in [0.1, 0.15) is 17.4 Å². The molecule has 0 aliphatic carbocycles. The van der Waals surface area contributed by atoms with Crippen LogP contribution >= 0.6 is 0 Å². The van der Waals surface area contributed by atoms with Gasteiger partial charge in [0.05, 0.1) is 16.8 Å². The monoisotopic (exact) mass is 384 g/mol. The number of halogens is 1. The Labute approximate surface area is 160 Å². The summed E-state index contributed by atoms with van der Waals surface area (Å²) in [6, 6.07) is 10.0. The average Bonchev–Trinajstić information content (AvgIpc) is 2.62. The molecule has 146 valence electrons. The lowest BCUT2D eigenvalue weighted by Gasteiger charge is -2.19. The first-order chi connectivity index (χ1) is 12.7. The number of aromatic nitrogens is 1. The molecule has 3 aromatic rings. The fourth-order valence-corrected chi connectivity index (χ4v) is 3.09. The molecule has 1 heterocycles. The number of nitrogens with zero attached hydrogens (tertiary/aromatic N) is 1. The first kappa shape index (κ1) is 20.7. The number of phenols is 1. The standard InChI is InChI=1S/C20H18FN3O3.H3N/c1-10-7-8-16(25)11(2)17(10)24-18(22)14(19(23)26)9-13(20(24)27)12-5-3-4-6-15(12)21;/h3-9,25H,22H2,1-2H3,(H2,23,26);1H3. The Morgan fingerprint density at radius 1 is 1.11 bits per heavy atom. The fraction of sp³-hybridized carbons (Fsp3) is 0.100. The molecule has 3 rings (SSSR count). The first-order valence-corrected chi connectivity index (χ1v) is 8.13. The van der Waals surface area contributed by atoms with Crippen LogP contribution in [0.2, 0.25) is 0 Å². The molecular formula is C20H21FN4O3. The van der Waals surface area contributed by atoms with Crippen LogP contribution in [0.15, 0.2) is 47.3 Å². The van der Waals surface area contributed by atoms with Gasteiger partial charge in [0.25, 0.3) is 11.5 Å². The normalized spacial score (nSPS) is 10.4. The lowest BCUT2D eigenvalue weighted by molar-refractivity contribution is 0.100. The van der Waals surface area contributed by atoms with Crippen molar-refractivity contribution in [2.24, 2.45) is 5.73 Å². The van der Waals surface area contributed by atoms with E-state index in [0.717, 1.165) is 4.57 Å². The summed E-state index contributed by atoms with van der Waals surface area (Å²) in [5, 5.41) is 10.1. The van der Waals surface area contributed by atoms with E-state index in [1.807, 2.05) is 0 Å². The van der Waals surface area contributed by atoms with Crippen LogP contribution in [0.1, 0.15) is 21.5 Å². The number of aromatic hydroxyl groups is 1. The van der Waals surface area contributed by atoms with Crippen molar-refractivity contribution in [3.63, 3.8) is 0 Å². The molecule has 0 fully saturated rings. The molecule has 0 atom stereocenters. The molecule has 2 aromatic carbocycles. The molecule has 0 unspecified atom stereocenters. The Morgan fingerprint density at radius 2 is 1.75 bits per heavy atom. The maximum atomic E-state index is 14.3. The second kappa shape index (κ2) is 7.53. The van der Waals surface area contributed by atoms with Crippen LogP contribution in [0.4, 0.5) is 10.2 Å². The topological polar surface area (TPSA) is 146 Å². The number of rotatable bonds is 3. The number of nitrogen functional groups attached to an aromatic ring is 1. The number of hydrogen-bond acceptors (Lipinski definition) is 5. The summed E-state index contributed by atoms with van der Waals surface area (Å²) in [6.07, 6.45) is 0. The second-order valence-electron chi connectivity index (χ2n) is 6.22. The van der Waals surface area contributed by atoms with E-state index in [-0.39, 0.29) is 34.4 Å². The molecule has 0 saturated heterocycles. The summed E-state index contributed by atoms with van der Waals surface area (Å²) in [6.45, 7) is 3.34. The van der Waals surface area contributed by atoms with Crippen molar-refractivity contribution < 1.29 is 14.3 Å². The molecule has 7 nitrogen and oxygen atoms in total. The number of carbonyl (C=O) groups is 1. The second-order valence-corrected chi connectivity index (χ2v) is 6.22. The summed E-state index contributed by atoms with van der Waals surface area (Å²) < 4.78 is 15.4. The van der Waals surface area contributed by atoms with Crippen molar-refractivity contribution in [3.05, 3.63) is 75.3 Å². The van der Waals surface area contributed by atoms with Crippen LogP contribution in [-0.4, -0.2) is 15.6 Å². The molecule has 8 heteroatoms. The van der Waals surface area contributed by atoms with Gasteiger partial charge in [-0.05, 0) is 37.6 Å². The van der Waals surface area contributed by atoms with Crippen molar-refractivity contribution in [2.45, 2.75) is 13.8 Å². The van der Waals surface area contributed by atoms with Gasteiger partial charge in [0, 0.05) is 11.1 Å². The molecule has 8 N–H and O–H groups in total.